The molecule has 3 heteroatoms. The van der Waals surface area contributed by atoms with Gasteiger partial charge in [-0.15, -0.1) is 0 Å². The Balaban J connectivity index is 2.15. The van der Waals surface area contributed by atoms with Crippen molar-refractivity contribution in [1.29, 1.82) is 0 Å². The molecule has 0 bridgehead atoms. The van der Waals surface area contributed by atoms with Crippen LogP contribution in [0.3, 0.4) is 0 Å². The Labute approximate surface area is 60.4 Å². The fourth-order valence-corrected chi connectivity index (χ4v) is 0.691. The fourth-order valence-electron chi connectivity index (χ4n) is 0.691. The van der Waals surface area contributed by atoms with Crippen LogP contribution < -0.4 is 0 Å². The topological polar surface area (TPSA) is 37.9 Å². The van der Waals surface area contributed by atoms with Crippen LogP contribution in [-0.4, -0.2) is 16.8 Å². The highest BCUT2D eigenvalue weighted by atomic mass is 16.5. The van der Waals surface area contributed by atoms with Crippen molar-refractivity contribution in [1.82, 2.24) is 10.2 Å². The van der Waals surface area contributed by atoms with Crippen molar-refractivity contribution in [3.8, 4) is 0 Å². The zero-order chi connectivity index (χ0) is 7.23. The van der Waals surface area contributed by atoms with Gasteiger partial charge in [-0.25, -0.2) is 0 Å². The van der Waals surface area contributed by atoms with Gasteiger partial charge in [0, 0.05) is 18.4 Å². The lowest BCUT2D eigenvalue weighted by Crippen LogP contribution is -1.91. The molecule has 0 radical (unpaired) electrons. The van der Waals surface area contributed by atoms with Crippen molar-refractivity contribution in [2.75, 3.05) is 6.61 Å². The smallest absolute Gasteiger partial charge is 0.0747 e. The molecule has 0 aliphatic heterocycles. The van der Waals surface area contributed by atoms with E-state index in [0.717, 1.165) is 18.6 Å². The first-order valence-electron chi connectivity index (χ1n) is 3.49. The molecular weight excluding hydrogens is 128 g/mol. The number of ether oxygens (including phenoxy) is 1. The molecule has 0 spiro atoms. The lowest BCUT2D eigenvalue weighted by molar-refractivity contribution is 0.121. The monoisotopic (exact) mass is 140 g/mol. The van der Waals surface area contributed by atoms with Crippen LogP contribution in [0.5, 0.6) is 0 Å². The second kappa shape index (κ2) is 4.06. The minimum Gasteiger partial charge on any atom is -0.377 e. The minimum atomic E-state index is 0.671. The van der Waals surface area contributed by atoms with E-state index in [9.17, 15) is 0 Å². The van der Waals surface area contributed by atoms with Gasteiger partial charge in [-0.2, -0.15) is 5.10 Å². The fraction of sp³-hybridized carbons (Fsp3) is 0.571. The Hall–Kier alpha value is -0.830. The summed E-state index contributed by atoms with van der Waals surface area (Å²) in [6.45, 7) is 3.59. The summed E-state index contributed by atoms with van der Waals surface area (Å²) in [7, 11) is 0. The van der Waals surface area contributed by atoms with Crippen LogP contribution in [0.25, 0.3) is 0 Å². The molecule has 0 aromatic carbocycles. The summed E-state index contributed by atoms with van der Waals surface area (Å²) in [4.78, 5) is 0. The third-order valence-electron chi connectivity index (χ3n) is 1.17. The van der Waals surface area contributed by atoms with E-state index in [-0.39, 0.29) is 0 Å². The van der Waals surface area contributed by atoms with Crippen LogP contribution in [0, 0.1) is 0 Å². The molecule has 1 heterocycles. The first-order valence-corrected chi connectivity index (χ1v) is 3.49. The maximum absolute atomic E-state index is 5.27. The van der Waals surface area contributed by atoms with Crippen molar-refractivity contribution in [3.05, 3.63) is 18.0 Å². The number of rotatable bonds is 4. The molecule has 0 aliphatic carbocycles. The van der Waals surface area contributed by atoms with Crippen molar-refractivity contribution in [3.63, 3.8) is 0 Å². The summed E-state index contributed by atoms with van der Waals surface area (Å²) in [6, 6.07) is 0. The van der Waals surface area contributed by atoms with Gasteiger partial charge in [-0.05, 0) is 6.42 Å². The molecule has 1 N–H and O–H groups in total. The molecule has 1 aromatic rings. The second-order valence-electron chi connectivity index (χ2n) is 2.16. The van der Waals surface area contributed by atoms with Gasteiger partial charge in [-0.3, -0.25) is 5.10 Å². The van der Waals surface area contributed by atoms with E-state index in [1.165, 1.54) is 0 Å². The first kappa shape index (κ1) is 7.28. The average molecular weight is 140 g/mol. The van der Waals surface area contributed by atoms with E-state index in [1.807, 2.05) is 6.20 Å². The zero-order valence-corrected chi connectivity index (χ0v) is 6.13. The molecule has 0 aliphatic rings. The predicted octanol–water partition coefficient (Wildman–Crippen LogP) is 1.34. The van der Waals surface area contributed by atoms with E-state index in [1.54, 1.807) is 6.20 Å². The number of nitrogens with zero attached hydrogens (tertiary/aromatic N) is 1. The van der Waals surface area contributed by atoms with E-state index in [0.29, 0.717) is 6.61 Å². The largest absolute Gasteiger partial charge is 0.377 e. The molecule has 0 unspecified atom stereocenters. The standard InChI is InChI=1S/C7H12N2O/c1-2-3-10-6-7-4-8-9-5-7/h4-5H,2-3,6H2,1H3,(H,8,9). The van der Waals surface area contributed by atoms with Gasteiger partial charge < -0.3 is 4.74 Å². The third kappa shape index (κ3) is 2.19. The number of hydrogen-bond acceptors (Lipinski definition) is 2. The minimum absolute atomic E-state index is 0.671. The summed E-state index contributed by atoms with van der Waals surface area (Å²) in [5.41, 5.74) is 1.11. The third-order valence-corrected chi connectivity index (χ3v) is 1.17. The summed E-state index contributed by atoms with van der Waals surface area (Å²) in [5.74, 6) is 0. The molecule has 1 aromatic heterocycles. The molecule has 10 heavy (non-hydrogen) atoms. The zero-order valence-electron chi connectivity index (χ0n) is 6.13. The van der Waals surface area contributed by atoms with Crippen molar-refractivity contribution in [2.45, 2.75) is 20.0 Å². The molecule has 0 fully saturated rings. The molecule has 1 rings (SSSR count). The van der Waals surface area contributed by atoms with E-state index in [2.05, 4.69) is 17.1 Å². The Bertz CT molecular complexity index is 160. The van der Waals surface area contributed by atoms with Crippen molar-refractivity contribution >= 4 is 0 Å². The Morgan fingerprint density at radius 3 is 3.20 bits per heavy atom. The lowest BCUT2D eigenvalue weighted by atomic mass is 10.4. The molecule has 56 valence electrons. The van der Waals surface area contributed by atoms with E-state index >= 15 is 0 Å². The number of aromatic nitrogens is 2. The number of hydrogen-bond donors (Lipinski definition) is 1. The van der Waals surface area contributed by atoms with Crippen molar-refractivity contribution in [2.24, 2.45) is 0 Å². The molecule has 0 atom stereocenters. The van der Waals surface area contributed by atoms with Crippen molar-refractivity contribution < 1.29 is 4.74 Å². The van der Waals surface area contributed by atoms with E-state index < -0.39 is 0 Å². The highest BCUT2D eigenvalue weighted by molar-refractivity contribution is 4.99. The highest BCUT2D eigenvalue weighted by Gasteiger charge is 1.90. The summed E-state index contributed by atoms with van der Waals surface area (Å²) < 4.78 is 5.27. The number of nitrogens with one attached hydrogen (secondary N) is 1. The SMILES string of the molecule is CCCOCc1cn[nH]c1. The quantitative estimate of drug-likeness (QED) is 0.641. The number of aromatic amines is 1. The lowest BCUT2D eigenvalue weighted by Gasteiger charge is -1.96. The average Bonchev–Trinajstić information content (AvgIpc) is 2.41. The maximum atomic E-state index is 5.27. The van der Waals surface area contributed by atoms with Crippen LogP contribution in [-0.2, 0) is 11.3 Å². The Morgan fingerprint density at radius 2 is 2.60 bits per heavy atom. The Kier molecular flexibility index (Phi) is 2.96. The maximum Gasteiger partial charge on any atom is 0.0747 e. The molecule has 0 saturated carbocycles. The first-order chi connectivity index (χ1) is 4.93. The van der Waals surface area contributed by atoms with Gasteiger partial charge in [-0.1, -0.05) is 6.92 Å². The van der Waals surface area contributed by atoms with Gasteiger partial charge in [0.1, 0.15) is 0 Å². The van der Waals surface area contributed by atoms with Gasteiger partial charge >= 0.3 is 0 Å². The Morgan fingerprint density at radius 1 is 1.70 bits per heavy atom. The van der Waals surface area contributed by atoms with Crippen LogP contribution >= 0.6 is 0 Å². The molecule has 0 amide bonds. The molecule has 3 nitrogen and oxygen atoms in total. The summed E-state index contributed by atoms with van der Waals surface area (Å²) in [6.07, 6.45) is 4.68. The van der Waals surface area contributed by atoms with Gasteiger partial charge in [0.25, 0.3) is 0 Å². The van der Waals surface area contributed by atoms with Gasteiger partial charge in [0.2, 0.25) is 0 Å². The number of H-pyrrole nitrogens is 1. The predicted molar refractivity (Wildman–Crippen MR) is 38.5 cm³/mol. The van der Waals surface area contributed by atoms with E-state index in [4.69, 9.17) is 4.74 Å². The molecular formula is C7H12N2O. The molecule has 0 saturated heterocycles. The van der Waals surface area contributed by atoms with Crippen LogP contribution in [0.1, 0.15) is 18.9 Å². The van der Waals surface area contributed by atoms with Crippen LogP contribution in [0.15, 0.2) is 12.4 Å². The van der Waals surface area contributed by atoms with Crippen LogP contribution in [0.4, 0.5) is 0 Å². The highest BCUT2D eigenvalue weighted by Crippen LogP contribution is 1.96. The van der Waals surface area contributed by atoms with Crippen LogP contribution in [0.2, 0.25) is 0 Å². The second-order valence-corrected chi connectivity index (χ2v) is 2.16. The van der Waals surface area contributed by atoms with Gasteiger partial charge in [0.15, 0.2) is 0 Å². The van der Waals surface area contributed by atoms with Gasteiger partial charge in [0.05, 0.1) is 12.8 Å². The summed E-state index contributed by atoms with van der Waals surface area (Å²) >= 11 is 0. The normalized spacial score (nSPS) is 10.1. The summed E-state index contributed by atoms with van der Waals surface area (Å²) in [5, 5.41) is 6.52.